The number of hydrogen-bond donors (Lipinski definition) is 1. The average Bonchev–Trinajstić information content (AvgIpc) is 2.21. The summed E-state index contributed by atoms with van der Waals surface area (Å²) in [5, 5.41) is 9.29. The lowest BCUT2D eigenvalue weighted by Crippen LogP contribution is -2.50. The Morgan fingerprint density at radius 3 is 2.05 bits per heavy atom. The number of carboxylic acid groups (broad SMARTS) is 1. The Balaban J connectivity index is 2.96. The lowest BCUT2D eigenvalue weighted by atomic mass is 9.68. The lowest BCUT2D eigenvalue weighted by molar-refractivity contribution is -0.185. The first kappa shape index (κ1) is 15.5. The first-order valence-electron chi connectivity index (χ1n) is 6.23. The van der Waals surface area contributed by atoms with Gasteiger partial charge in [0.1, 0.15) is 12.2 Å². The molecule has 1 rings (SSSR count). The topological polar surface area (TPSA) is 89.9 Å². The van der Waals surface area contributed by atoms with Crippen LogP contribution >= 0.6 is 0 Å². The third-order valence-electron chi connectivity index (χ3n) is 3.49. The van der Waals surface area contributed by atoms with Crippen molar-refractivity contribution in [1.82, 2.24) is 0 Å². The predicted octanol–water partition coefficient (Wildman–Crippen LogP) is 1.37. The van der Waals surface area contributed by atoms with E-state index in [1.54, 1.807) is 13.8 Å². The van der Waals surface area contributed by atoms with Crippen molar-refractivity contribution in [1.29, 1.82) is 0 Å². The van der Waals surface area contributed by atoms with Crippen LogP contribution in [0.2, 0.25) is 0 Å². The van der Waals surface area contributed by atoms with Crippen molar-refractivity contribution in [3.8, 4) is 0 Å². The molecule has 6 nitrogen and oxygen atoms in total. The van der Waals surface area contributed by atoms with Crippen LogP contribution in [0.15, 0.2) is 0 Å². The molecule has 0 spiro atoms. The molecule has 0 aromatic carbocycles. The molecule has 108 valence electrons. The Morgan fingerprint density at radius 2 is 1.63 bits per heavy atom. The largest absolute Gasteiger partial charge is 0.481 e. The Morgan fingerprint density at radius 1 is 1.11 bits per heavy atom. The maximum atomic E-state index is 11.3. The molecule has 0 aromatic rings. The summed E-state index contributed by atoms with van der Waals surface area (Å²) in [5.41, 5.74) is -0.976. The highest BCUT2D eigenvalue weighted by atomic mass is 16.6. The molecule has 0 heterocycles. The normalized spacial score (nSPS) is 34.4. The van der Waals surface area contributed by atoms with Crippen LogP contribution in [0.1, 0.15) is 40.5 Å². The van der Waals surface area contributed by atoms with Crippen LogP contribution < -0.4 is 0 Å². The number of ether oxygens (including phenoxy) is 2. The van der Waals surface area contributed by atoms with E-state index in [0.717, 1.165) is 0 Å². The van der Waals surface area contributed by atoms with Gasteiger partial charge in [0.2, 0.25) is 0 Å². The molecular formula is C13H20O6. The van der Waals surface area contributed by atoms with E-state index in [2.05, 4.69) is 0 Å². The van der Waals surface area contributed by atoms with Gasteiger partial charge in [-0.05, 0) is 19.3 Å². The zero-order valence-electron chi connectivity index (χ0n) is 11.6. The SMILES string of the molecule is CC(=O)O[C@@H]1[C@H](C)C[C@@](C)(C(=O)O)C[C@H]1OC(C)=O. The van der Waals surface area contributed by atoms with Gasteiger partial charge in [-0.2, -0.15) is 0 Å². The minimum atomic E-state index is -0.976. The second-order valence-corrected chi connectivity index (χ2v) is 5.47. The molecule has 0 amide bonds. The Hall–Kier alpha value is -1.59. The predicted molar refractivity (Wildman–Crippen MR) is 65.2 cm³/mol. The quantitative estimate of drug-likeness (QED) is 0.780. The summed E-state index contributed by atoms with van der Waals surface area (Å²) in [5.74, 6) is -2.10. The van der Waals surface area contributed by atoms with Gasteiger partial charge in [0.05, 0.1) is 5.41 Å². The van der Waals surface area contributed by atoms with Crippen LogP contribution in [0.3, 0.4) is 0 Å². The van der Waals surface area contributed by atoms with Crippen LogP contribution in [0, 0.1) is 11.3 Å². The third kappa shape index (κ3) is 3.68. The van der Waals surface area contributed by atoms with E-state index in [-0.39, 0.29) is 12.3 Å². The molecule has 1 N–H and O–H groups in total. The maximum Gasteiger partial charge on any atom is 0.309 e. The molecule has 1 fully saturated rings. The third-order valence-corrected chi connectivity index (χ3v) is 3.49. The minimum absolute atomic E-state index is 0.143. The van der Waals surface area contributed by atoms with Gasteiger partial charge in [0.25, 0.3) is 0 Å². The van der Waals surface area contributed by atoms with Gasteiger partial charge < -0.3 is 14.6 Å². The molecule has 1 saturated carbocycles. The van der Waals surface area contributed by atoms with E-state index >= 15 is 0 Å². The second-order valence-electron chi connectivity index (χ2n) is 5.47. The van der Waals surface area contributed by atoms with E-state index in [0.29, 0.717) is 6.42 Å². The summed E-state index contributed by atoms with van der Waals surface area (Å²) in [7, 11) is 0. The van der Waals surface area contributed by atoms with Crippen molar-refractivity contribution in [3.05, 3.63) is 0 Å². The highest BCUT2D eigenvalue weighted by Crippen LogP contribution is 2.42. The van der Waals surface area contributed by atoms with E-state index in [1.165, 1.54) is 13.8 Å². The number of aliphatic carboxylic acids is 1. The zero-order chi connectivity index (χ0) is 14.8. The van der Waals surface area contributed by atoms with Crippen molar-refractivity contribution < 1.29 is 29.0 Å². The Labute approximate surface area is 112 Å². The number of hydrogen-bond acceptors (Lipinski definition) is 5. The lowest BCUT2D eigenvalue weighted by Gasteiger charge is -2.42. The zero-order valence-corrected chi connectivity index (χ0v) is 11.6. The van der Waals surface area contributed by atoms with Crippen LogP contribution in [0.25, 0.3) is 0 Å². The molecule has 1 aliphatic carbocycles. The molecule has 0 bridgehead atoms. The van der Waals surface area contributed by atoms with Gasteiger partial charge in [-0.25, -0.2) is 0 Å². The van der Waals surface area contributed by atoms with Crippen LogP contribution in [0.4, 0.5) is 0 Å². The van der Waals surface area contributed by atoms with Crippen LogP contribution in [-0.2, 0) is 23.9 Å². The minimum Gasteiger partial charge on any atom is -0.481 e. The van der Waals surface area contributed by atoms with Crippen LogP contribution in [0.5, 0.6) is 0 Å². The van der Waals surface area contributed by atoms with Crippen molar-refractivity contribution in [2.75, 3.05) is 0 Å². The summed E-state index contributed by atoms with van der Waals surface area (Å²) in [6, 6.07) is 0. The first-order valence-corrected chi connectivity index (χ1v) is 6.23. The number of rotatable bonds is 3. The van der Waals surface area contributed by atoms with Crippen LogP contribution in [-0.4, -0.2) is 35.2 Å². The number of carbonyl (C=O) groups excluding carboxylic acids is 2. The molecule has 1 aliphatic rings. The smallest absolute Gasteiger partial charge is 0.309 e. The fourth-order valence-electron chi connectivity index (χ4n) is 2.72. The molecule has 4 atom stereocenters. The molecule has 0 saturated heterocycles. The summed E-state index contributed by atoms with van der Waals surface area (Å²) >= 11 is 0. The molecule has 6 heteroatoms. The van der Waals surface area contributed by atoms with Gasteiger partial charge in [-0.1, -0.05) is 6.92 Å². The number of esters is 2. The molecular weight excluding hydrogens is 252 g/mol. The monoisotopic (exact) mass is 272 g/mol. The first-order chi connectivity index (χ1) is 8.65. The fraction of sp³-hybridized carbons (Fsp3) is 0.769. The highest BCUT2D eigenvalue weighted by Gasteiger charge is 2.49. The van der Waals surface area contributed by atoms with Gasteiger partial charge >= 0.3 is 17.9 Å². The van der Waals surface area contributed by atoms with Gasteiger partial charge in [0, 0.05) is 20.3 Å². The number of carbonyl (C=O) groups is 3. The molecule has 0 aromatic heterocycles. The molecule has 19 heavy (non-hydrogen) atoms. The highest BCUT2D eigenvalue weighted by molar-refractivity contribution is 5.75. The Kier molecular flexibility index (Phi) is 4.55. The summed E-state index contributed by atoms with van der Waals surface area (Å²) in [4.78, 5) is 33.6. The van der Waals surface area contributed by atoms with Crippen molar-refractivity contribution in [3.63, 3.8) is 0 Å². The van der Waals surface area contributed by atoms with E-state index < -0.39 is 35.5 Å². The average molecular weight is 272 g/mol. The van der Waals surface area contributed by atoms with Crippen molar-refractivity contribution in [2.45, 2.75) is 52.7 Å². The van der Waals surface area contributed by atoms with E-state index in [1.807, 2.05) is 0 Å². The van der Waals surface area contributed by atoms with E-state index in [9.17, 15) is 19.5 Å². The summed E-state index contributed by atoms with van der Waals surface area (Å²) in [6.45, 7) is 5.95. The van der Waals surface area contributed by atoms with Gasteiger partial charge in [0.15, 0.2) is 0 Å². The van der Waals surface area contributed by atoms with Gasteiger partial charge in [-0.3, -0.25) is 14.4 Å². The molecule has 0 radical (unpaired) electrons. The summed E-state index contributed by atoms with van der Waals surface area (Å²) < 4.78 is 10.3. The second kappa shape index (κ2) is 5.59. The maximum absolute atomic E-state index is 11.3. The van der Waals surface area contributed by atoms with Crippen molar-refractivity contribution >= 4 is 17.9 Å². The standard InChI is InChI=1S/C13H20O6/c1-7-5-13(4,12(16)17)6-10(18-8(2)14)11(7)19-9(3)15/h7,10-11H,5-6H2,1-4H3,(H,16,17)/t7-,10-,11-,13-/m1/s1. The van der Waals surface area contributed by atoms with Crippen molar-refractivity contribution in [2.24, 2.45) is 11.3 Å². The molecule has 0 aliphatic heterocycles. The summed E-state index contributed by atoms with van der Waals surface area (Å²) in [6.07, 6.45) is -0.789. The fourth-order valence-corrected chi connectivity index (χ4v) is 2.72. The molecule has 0 unspecified atom stereocenters. The van der Waals surface area contributed by atoms with E-state index in [4.69, 9.17) is 9.47 Å². The Bertz CT molecular complexity index is 391. The number of carboxylic acids is 1. The van der Waals surface area contributed by atoms with Gasteiger partial charge in [-0.15, -0.1) is 0 Å².